The zero-order valence-corrected chi connectivity index (χ0v) is 11.8. The average molecular weight is 290 g/mol. The van der Waals surface area contributed by atoms with Gasteiger partial charge in [-0.05, 0) is 43.7 Å². The molecular weight excluding hydrogens is 278 g/mol. The Morgan fingerprint density at radius 3 is 2.65 bits per heavy atom. The van der Waals surface area contributed by atoms with E-state index >= 15 is 0 Å². The Morgan fingerprint density at radius 1 is 1.30 bits per heavy atom. The highest BCUT2D eigenvalue weighted by molar-refractivity contribution is 6.31. The van der Waals surface area contributed by atoms with Gasteiger partial charge in [0.05, 0.1) is 11.1 Å². The molecule has 5 heteroatoms. The van der Waals surface area contributed by atoms with Crippen molar-refractivity contribution in [3.05, 3.63) is 58.4 Å². The van der Waals surface area contributed by atoms with Crippen LogP contribution in [0.3, 0.4) is 0 Å². The Balaban J connectivity index is 2.36. The van der Waals surface area contributed by atoms with Crippen molar-refractivity contribution < 1.29 is 14.3 Å². The minimum absolute atomic E-state index is 0.202. The molecule has 0 bridgehead atoms. The van der Waals surface area contributed by atoms with Crippen LogP contribution in [-0.4, -0.2) is 16.7 Å². The van der Waals surface area contributed by atoms with Gasteiger partial charge in [0, 0.05) is 17.4 Å². The number of carbonyl (C=O) groups is 2. The highest BCUT2D eigenvalue weighted by atomic mass is 35.5. The van der Waals surface area contributed by atoms with Crippen LogP contribution >= 0.6 is 11.6 Å². The third-order valence-electron chi connectivity index (χ3n) is 2.74. The SMILES string of the molecule is CC(=O)c1cc(Cl)c(C)cc1OC(=O)c1cccnc1. The summed E-state index contributed by atoms with van der Waals surface area (Å²) in [4.78, 5) is 27.4. The summed E-state index contributed by atoms with van der Waals surface area (Å²) in [6, 6.07) is 6.31. The molecule has 0 spiro atoms. The Hall–Kier alpha value is -2.20. The van der Waals surface area contributed by atoms with E-state index in [1.165, 1.54) is 19.2 Å². The van der Waals surface area contributed by atoms with Gasteiger partial charge in [-0.25, -0.2) is 4.79 Å². The fraction of sp³-hybridized carbons (Fsp3) is 0.133. The maximum absolute atomic E-state index is 12.0. The van der Waals surface area contributed by atoms with Gasteiger partial charge in [-0.2, -0.15) is 0 Å². The van der Waals surface area contributed by atoms with Crippen molar-refractivity contribution in [3.63, 3.8) is 0 Å². The molecule has 2 rings (SSSR count). The van der Waals surface area contributed by atoms with Crippen molar-refractivity contribution in [1.82, 2.24) is 4.98 Å². The van der Waals surface area contributed by atoms with Crippen LogP contribution in [0.1, 0.15) is 33.2 Å². The highest BCUT2D eigenvalue weighted by Crippen LogP contribution is 2.27. The highest BCUT2D eigenvalue weighted by Gasteiger charge is 2.16. The van der Waals surface area contributed by atoms with Crippen molar-refractivity contribution in [1.29, 1.82) is 0 Å². The smallest absolute Gasteiger partial charge is 0.345 e. The van der Waals surface area contributed by atoms with Gasteiger partial charge in [-0.1, -0.05) is 11.6 Å². The van der Waals surface area contributed by atoms with Crippen LogP contribution in [0.4, 0.5) is 0 Å². The lowest BCUT2D eigenvalue weighted by molar-refractivity contribution is 0.0732. The lowest BCUT2D eigenvalue weighted by Gasteiger charge is -2.10. The number of Topliss-reactive ketones (excluding diaryl/α,β-unsaturated/α-hetero) is 1. The molecule has 0 atom stereocenters. The maximum atomic E-state index is 12.0. The second-order valence-electron chi connectivity index (χ2n) is 4.28. The standard InChI is InChI=1S/C15H12ClNO3/c1-9-6-14(12(10(2)18)7-13(9)16)20-15(19)11-4-3-5-17-8-11/h3-8H,1-2H3. The van der Waals surface area contributed by atoms with Crippen molar-refractivity contribution in [2.45, 2.75) is 13.8 Å². The summed E-state index contributed by atoms with van der Waals surface area (Å²) < 4.78 is 5.27. The number of ketones is 1. The number of benzene rings is 1. The fourth-order valence-corrected chi connectivity index (χ4v) is 1.82. The van der Waals surface area contributed by atoms with Gasteiger partial charge in [0.2, 0.25) is 0 Å². The summed E-state index contributed by atoms with van der Waals surface area (Å²) in [6.07, 6.45) is 2.96. The first-order valence-electron chi connectivity index (χ1n) is 5.92. The van der Waals surface area contributed by atoms with Gasteiger partial charge in [0.25, 0.3) is 0 Å². The first-order chi connectivity index (χ1) is 9.49. The molecule has 0 radical (unpaired) electrons. The monoisotopic (exact) mass is 289 g/mol. The molecule has 0 aliphatic carbocycles. The van der Waals surface area contributed by atoms with Crippen LogP contribution < -0.4 is 4.74 Å². The van der Waals surface area contributed by atoms with E-state index in [4.69, 9.17) is 16.3 Å². The number of hydrogen-bond acceptors (Lipinski definition) is 4. The molecule has 1 aromatic carbocycles. The molecule has 102 valence electrons. The molecule has 20 heavy (non-hydrogen) atoms. The summed E-state index contributed by atoms with van der Waals surface area (Å²) in [5.74, 6) is -0.587. The zero-order valence-electron chi connectivity index (χ0n) is 11.0. The lowest BCUT2D eigenvalue weighted by Crippen LogP contribution is -2.11. The molecule has 0 saturated heterocycles. The van der Waals surface area contributed by atoms with Crippen molar-refractivity contribution in [2.75, 3.05) is 0 Å². The number of aryl methyl sites for hydroxylation is 1. The number of hydrogen-bond donors (Lipinski definition) is 0. The second-order valence-corrected chi connectivity index (χ2v) is 4.69. The zero-order chi connectivity index (χ0) is 14.7. The quantitative estimate of drug-likeness (QED) is 0.493. The summed E-state index contributed by atoms with van der Waals surface area (Å²) in [6.45, 7) is 3.16. The number of ether oxygens (including phenoxy) is 1. The molecule has 0 fully saturated rings. The molecule has 1 aromatic heterocycles. The van der Waals surface area contributed by atoms with E-state index < -0.39 is 5.97 Å². The number of pyridine rings is 1. The molecule has 0 aliphatic heterocycles. The number of carbonyl (C=O) groups excluding carboxylic acids is 2. The molecule has 0 N–H and O–H groups in total. The van der Waals surface area contributed by atoms with Crippen molar-refractivity contribution in [2.24, 2.45) is 0 Å². The van der Waals surface area contributed by atoms with Gasteiger partial charge in [-0.3, -0.25) is 9.78 Å². The van der Waals surface area contributed by atoms with Crippen LogP contribution in [0.25, 0.3) is 0 Å². The summed E-state index contributed by atoms with van der Waals surface area (Å²) in [5.41, 5.74) is 1.32. The Bertz CT molecular complexity index is 668. The van der Waals surface area contributed by atoms with Crippen LogP contribution in [0.5, 0.6) is 5.75 Å². The summed E-state index contributed by atoms with van der Waals surface area (Å²) in [7, 11) is 0. The van der Waals surface area contributed by atoms with Crippen LogP contribution in [-0.2, 0) is 0 Å². The number of esters is 1. The van der Waals surface area contributed by atoms with Crippen molar-refractivity contribution in [3.8, 4) is 5.75 Å². The molecule has 2 aromatic rings. The predicted octanol–water partition coefficient (Wildman–Crippen LogP) is 3.47. The van der Waals surface area contributed by atoms with Gasteiger partial charge in [0.15, 0.2) is 5.78 Å². The van der Waals surface area contributed by atoms with E-state index in [1.54, 1.807) is 31.3 Å². The first-order valence-corrected chi connectivity index (χ1v) is 6.30. The largest absolute Gasteiger partial charge is 0.422 e. The molecule has 0 unspecified atom stereocenters. The van der Waals surface area contributed by atoms with Gasteiger partial charge in [0.1, 0.15) is 5.75 Å². The summed E-state index contributed by atoms with van der Waals surface area (Å²) >= 11 is 5.98. The van der Waals surface area contributed by atoms with E-state index in [0.717, 1.165) is 5.56 Å². The topological polar surface area (TPSA) is 56.3 Å². The molecule has 0 saturated carbocycles. The Kier molecular flexibility index (Phi) is 4.15. The van der Waals surface area contributed by atoms with E-state index in [2.05, 4.69) is 4.98 Å². The number of aromatic nitrogens is 1. The minimum Gasteiger partial charge on any atom is -0.422 e. The van der Waals surface area contributed by atoms with E-state index in [9.17, 15) is 9.59 Å². The molecule has 0 aliphatic rings. The Morgan fingerprint density at radius 2 is 2.05 bits per heavy atom. The van der Waals surface area contributed by atoms with Crippen molar-refractivity contribution >= 4 is 23.4 Å². The minimum atomic E-state index is -0.567. The van der Waals surface area contributed by atoms with E-state index in [-0.39, 0.29) is 17.1 Å². The maximum Gasteiger partial charge on any atom is 0.345 e. The second kappa shape index (κ2) is 5.84. The summed E-state index contributed by atoms with van der Waals surface area (Å²) in [5, 5.41) is 0.455. The van der Waals surface area contributed by atoms with Crippen LogP contribution in [0.2, 0.25) is 5.02 Å². The first kappa shape index (κ1) is 14.2. The Labute approximate surface area is 121 Å². The number of nitrogens with zero attached hydrogens (tertiary/aromatic N) is 1. The number of rotatable bonds is 3. The number of halogens is 1. The lowest BCUT2D eigenvalue weighted by atomic mass is 10.1. The fourth-order valence-electron chi connectivity index (χ4n) is 1.66. The van der Waals surface area contributed by atoms with Crippen LogP contribution in [0.15, 0.2) is 36.7 Å². The van der Waals surface area contributed by atoms with Gasteiger partial charge in [-0.15, -0.1) is 0 Å². The third kappa shape index (κ3) is 3.03. The van der Waals surface area contributed by atoms with E-state index in [0.29, 0.717) is 10.6 Å². The molecule has 1 heterocycles. The van der Waals surface area contributed by atoms with Gasteiger partial charge >= 0.3 is 5.97 Å². The van der Waals surface area contributed by atoms with Gasteiger partial charge < -0.3 is 4.74 Å². The van der Waals surface area contributed by atoms with Crippen LogP contribution in [0, 0.1) is 6.92 Å². The average Bonchev–Trinajstić information content (AvgIpc) is 2.43. The molecule has 4 nitrogen and oxygen atoms in total. The normalized spacial score (nSPS) is 10.2. The van der Waals surface area contributed by atoms with E-state index in [1.807, 2.05) is 0 Å². The molecule has 0 amide bonds. The third-order valence-corrected chi connectivity index (χ3v) is 3.15. The predicted molar refractivity (Wildman–Crippen MR) is 75.4 cm³/mol. The molecular formula is C15H12ClNO3.